The first-order valence-corrected chi connectivity index (χ1v) is 6.96. The molecule has 0 aliphatic rings. The molecule has 2 atom stereocenters. The Bertz CT molecular complexity index is 350. The van der Waals surface area contributed by atoms with Gasteiger partial charge in [0.1, 0.15) is 6.04 Å². The monoisotopic (exact) mass is 274 g/mol. The largest absolute Gasteiger partial charge is 0.664 e. The lowest BCUT2D eigenvalue weighted by Gasteiger charge is -2.10. The summed E-state index contributed by atoms with van der Waals surface area (Å²) in [6.07, 6.45) is 5.09. The maximum Gasteiger partial charge on any atom is 0.664 e. The zero-order chi connectivity index (χ0) is 14.1. The summed E-state index contributed by atoms with van der Waals surface area (Å²) in [6.45, 7) is 8.64. The third-order valence-corrected chi connectivity index (χ3v) is 2.81. The van der Waals surface area contributed by atoms with E-state index >= 15 is 0 Å². The molecular weight excluding hydrogens is 253 g/mol. The number of allylic oxidation sites excluding steroid dienone is 4. The first-order chi connectivity index (χ1) is 8.36. The normalized spacial score (nSPS) is 14.8. The highest BCUT2D eigenvalue weighted by atomic mass is 31.1. The van der Waals surface area contributed by atoms with Crippen molar-refractivity contribution in [3.8, 4) is 0 Å². The van der Waals surface area contributed by atoms with Crippen LogP contribution in [0.1, 0.15) is 34.6 Å². The second kappa shape index (κ2) is 8.84. The first kappa shape index (κ1) is 16.8. The predicted molar refractivity (Wildman–Crippen MR) is 71.1 cm³/mol. The van der Waals surface area contributed by atoms with Gasteiger partial charge in [-0.1, -0.05) is 17.2 Å². The zero-order valence-electron chi connectivity index (χ0n) is 11.5. The Balaban J connectivity index is 4.19. The Hall–Kier alpha value is -1.19. The number of carbonyl (C=O) groups excluding carboxylic acids is 1. The standard InChI is InChI=1S/C12H21NO4P/c1-6-7-8-10(4)17-18(15)13-11(5)12(14)16-9(2)3/h6-9,11H,1-5H3,(H,13,15)/q+1/b7-6+,10-8+/t11-/m0/s1. The number of rotatable bonds is 7. The molecule has 0 fully saturated rings. The summed E-state index contributed by atoms with van der Waals surface area (Å²) >= 11 is 0. The van der Waals surface area contributed by atoms with Crippen LogP contribution in [0.25, 0.3) is 0 Å². The van der Waals surface area contributed by atoms with Crippen molar-refractivity contribution in [1.29, 1.82) is 0 Å². The van der Waals surface area contributed by atoms with E-state index in [0.717, 1.165) is 0 Å². The van der Waals surface area contributed by atoms with Crippen LogP contribution in [0.3, 0.4) is 0 Å². The molecule has 1 unspecified atom stereocenters. The van der Waals surface area contributed by atoms with Gasteiger partial charge in [0.2, 0.25) is 0 Å². The summed E-state index contributed by atoms with van der Waals surface area (Å²) in [7, 11) is -2.14. The molecule has 102 valence electrons. The Morgan fingerprint density at radius 1 is 1.33 bits per heavy atom. The molecule has 5 nitrogen and oxygen atoms in total. The van der Waals surface area contributed by atoms with Crippen LogP contribution in [0.4, 0.5) is 0 Å². The summed E-state index contributed by atoms with van der Waals surface area (Å²) in [5, 5.41) is 2.54. The predicted octanol–water partition coefficient (Wildman–Crippen LogP) is 3.07. The van der Waals surface area contributed by atoms with Crippen LogP contribution in [0.5, 0.6) is 0 Å². The Labute approximate surface area is 109 Å². The molecule has 0 aromatic rings. The number of esters is 1. The van der Waals surface area contributed by atoms with E-state index < -0.39 is 20.2 Å². The van der Waals surface area contributed by atoms with Gasteiger partial charge in [-0.25, -0.2) is 4.52 Å². The second-order valence-corrected chi connectivity index (χ2v) is 4.94. The first-order valence-electron chi connectivity index (χ1n) is 5.78. The molecule has 0 saturated heterocycles. The molecule has 0 aliphatic heterocycles. The van der Waals surface area contributed by atoms with Crippen molar-refractivity contribution in [3.05, 3.63) is 24.0 Å². The smallest absolute Gasteiger partial charge is 0.462 e. The molecule has 0 rings (SSSR count). The molecule has 18 heavy (non-hydrogen) atoms. The molecule has 6 heteroatoms. The minimum atomic E-state index is -2.14. The number of carbonyl (C=O) groups is 1. The average Bonchev–Trinajstić information content (AvgIpc) is 2.24. The molecular formula is C12H21NO4P+. The van der Waals surface area contributed by atoms with Crippen LogP contribution in [0, 0.1) is 0 Å². The van der Waals surface area contributed by atoms with E-state index in [4.69, 9.17) is 9.26 Å². The Morgan fingerprint density at radius 2 is 1.94 bits per heavy atom. The van der Waals surface area contributed by atoms with E-state index in [1.807, 2.05) is 13.0 Å². The van der Waals surface area contributed by atoms with Crippen LogP contribution < -0.4 is 5.09 Å². The third kappa shape index (κ3) is 7.98. The van der Waals surface area contributed by atoms with E-state index in [1.165, 1.54) is 0 Å². The SMILES string of the molecule is C/C=C/C=C(\C)O[P+](=O)N[C@@H](C)C(=O)OC(C)C. The number of ether oxygens (including phenoxy) is 1. The number of hydrogen-bond donors (Lipinski definition) is 1. The van der Waals surface area contributed by atoms with Gasteiger partial charge in [-0.05, 0) is 40.7 Å². The Morgan fingerprint density at radius 3 is 2.44 bits per heavy atom. The van der Waals surface area contributed by atoms with E-state index in [0.29, 0.717) is 5.76 Å². The molecule has 0 heterocycles. The molecule has 0 aromatic carbocycles. The topological polar surface area (TPSA) is 64.6 Å². The summed E-state index contributed by atoms with van der Waals surface area (Å²) in [4.78, 5) is 11.5. The molecule has 0 aliphatic carbocycles. The minimum absolute atomic E-state index is 0.197. The van der Waals surface area contributed by atoms with Gasteiger partial charge in [0.15, 0.2) is 5.76 Å². The van der Waals surface area contributed by atoms with Crippen molar-refractivity contribution in [2.75, 3.05) is 0 Å². The molecule has 0 saturated carbocycles. The van der Waals surface area contributed by atoms with Gasteiger partial charge in [-0.15, -0.1) is 0 Å². The minimum Gasteiger partial charge on any atom is -0.462 e. The molecule has 0 aromatic heterocycles. The summed E-state index contributed by atoms with van der Waals surface area (Å²) in [6, 6.07) is -0.675. The fraction of sp³-hybridized carbons (Fsp3) is 0.583. The van der Waals surface area contributed by atoms with E-state index in [9.17, 15) is 9.36 Å². The molecule has 0 spiro atoms. The van der Waals surface area contributed by atoms with Crippen molar-refractivity contribution >= 4 is 14.1 Å². The lowest BCUT2D eigenvalue weighted by molar-refractivity contribution is -0.148. The summed E-state index contributed by atoms with van der Waals surface area (Å²) < 4.78 is 21.6. The molecule has 0 bridgehead atoms. The van der Waals surface area contributed by atoms with E-state index in [2.05, 4.69) is 5.09 Å². The van der Waals surface area contributed by atoms with E-state index in [-0.39, 0.29) is 6.10 Å². The highest BCUT2D eigenvalue weighted by Crippen LogP contribution is 2.22. The van der Waals surface area contributed by atoms with Crippen LogP contribution in [-0.2, 0) is 18.6 Å². The van der Waals surface area contributed by atoms with E-state index in [1.54, 1.807) is 39.8 Å². The Kier molecular flexibility index (Phi) is 8.25. The van der Waals surface area contributed by atoms with Gasteiger partial charge < -0.3 is 4.74 Å². The number of hydrogen-bond acceptors (Lipinski definition) is 4. The lowest BCUT2D eigenvalue weighted by Crippen LogP contribution is -2.32. The maximum atomic E-state index is 11.6. The second-order valence-electron chi connectivity index (χ2n) is 3.99. The van der Waals surface area contributed by atoms with Gasteiger partial charge >= 0.3 is 14.1 Å². The maximum absolute atomic E-state index is 11.6. The van der Waals surface area contributed by atoms with Gasteiger partial charge in [0, 0.05) is 4.57 Å². The summed E-state index contributed by atoms with van der Waals surface area (Å²) in [5.74, 6) is 0.0539. The zero-order valence-corrected chi connectivity index (χ0v) is 12.4. The fourth-order valence-corrected chi connectivity index (χ4v) is 1.76. The summed E-state index contributed by atoms with van der Waals surface area (Å²) in [5.41, 5.74) is 0. The third-order valence-electron chi connectivity index (χ3n) is 1.75. The average molecular weight is 274 g/mol. The highest BCUT2D eigenvalue weighted by Gasteiger charge is 2.28. The van der Waals surface area contributed by atoms with Crippen LogP contribution in [0.15, 0.2) is 24.0 Å². The lowest BCUT2D eigenvalue weighted by atomic mass is 10.4. The van der Waals surface area contributed by atoms with Crippen molar-refractivity contribution < 1.29 is 18.6 Å². The molecule has 1 N–H and O–H groups in total. The van der Waals surface area contributed by atoms with Crippen molar-refractivity contribution in [3.63, 3.8) is 0 Å². The van der Waals surface area contributed by atoms with Gasteiger partial charge in [-0.3, -0.25) is 4.79 Å². The van der Waals surface area contributed by atoms with Gasteiger partial charge in [0.05, 0.1) is 6.10 Å². The molecule has 0 radical (unpaired) electrons. The van der Waals surface area contributed by atoms with Crippen molar-refractivity contribution in [2.24, 2.45) is 0 Å². The highest BCUT2D eigenvalue weighted by molar-refractivity contribution is 7.36. The quantitative estimate of drug-likeness (QED) is 0.334. The van der Waals surface area contributed by atoms with Crippen molar-refractivity contribution in [1.82, 2.24) is 5.09 Å². The van der Waals surface area contributed by atoms with Crippen LogP contribution in [-0.4, -0.2) is 18.1 Å². The molecule has 0 amide bonds. The van der Waals surface area contributed by atoms with Crippen LogP contribution in [0.2, 0.25) is 0 Å². The van der Waals surface area contributed by atoms with Gasteiger partial charge in [0.25, 0.3) is 0 Å². The van der Waals surface area contributed by atoms with Gasteiger partial charge in [-0.2, -0.15) is 0 Å². The van der Waals surface area contributed by atoms with Crippen molar-refractivity contribution in [2.45, 2.75) is 46.8 Å². The number of nitrogens with one attached hydrogen (secondary N) is 1. The van der Waals surface area contributed by atoms with Crippen LogP contribution >= 0.6 is 8.18 Å². The fourth-order valence-electron chi connectivity index (χ4n) is 0.964.